The van der Waals surface area contributed by atoms with Gasteiger partial charge < -0.3 is 33.9 Å². The van der Waals surface area contributed by atoms with Crippen LogP contribution in [-0.4, -0.2) is 70.7 Å². The van der Waals surface area contributed by atoms with Gasteiger partial charge in [0.05, 0.1) is 0 Å². The van der Waals surface area contributed by atoms with Crippen molar-refractivity contribution in [3.8, 4) is 11.8 Å². The minimum Gasteiger partial charge on any atom is -0.463 e. The Kier molecular flexibility index (Phi) is 11.1. The molecule has 0 bridgehead atoms. The molecular weight excluding hydrogens is 620 g/mol. The second-order valence-corrected chi connectivity index (χ2v) is 11.9. The monoisotopic (exact) mass is 656 g/mol. The first kappa shape index (κ1) is 34.9. The van der Waals surface area contributed by atoms with Crippen LogP contribution in [0, 0.1) is 11.8 Å². The summed E-state index contributed by atoms with van der Waals surface area (Å²) in [5, 5.41) is 23.0. The number of carbonyl (C=O) groups excluding carboxylic acids is 4. The molecule has 2 N–H and O–H groups in total. The van der Waals surface area contributed by atoms with Crippen molar-refractivity contribution in [3.05, 3.63) is 69.7 Å². The average Bonchev–Trinajstić information content (AvgIpc) is 3.42. The second-order valence-electron chi connectivity index (χ2n) is 11.5. The Bertz CT molecular complexity index is 1520. The van der Waals surface area contributed by atoms with E-state index < -0.39 is 66.3 Å². The molecule has 0 unspecified atom stereocenters. The number of benzene rings is 2. The molecule has 2 aromatic carbocycles. The zero-order valence-corrected chi connectivity index (χ0v) is 26.8. The summed E-state index contributed by atoms with van der Waals surface area (Å²) >= 11 is 6.57. The Balaban J connectivity index is 1.70. The molecule has 11 nitrogen and oxygen atoms in total. The van der Waals surface area contributed by atoms with Crippen molar-refractivity contribution in [1.82, 2.24) is 0 Å². The van der Waals surface area contributed by atoms with E-state index in [2.05, 4.69) is 11.8 Å². The number of halogens is 1. The molecule has 5 atom stereocenters. The minimum atomic E-state index is -2.48. The normalized spacial score (nSPS) is 25.0. The molecule has 1 saturated carbocycles. The molecule has 1 aliphatic carbocycles. The molecule has 46 heavy (non-hydrogen) atoms. The lowest BCUT2D eigenvalue weighted by atomic mass is 9.86. The maximum Gasteiger partial charge on any atom is 0.303 e. The maximum absolute atomic E-state index is 12.3. The van der Waals surface area contributed by atoms with E-state index in [0.29, 0.717) is 29.8 Å². The van der Waals surface area contributed by atoms with E-state index in [4.69, 9.17) is 35.3 Å². The summed E-state index contributed by atoms with van der Waals surface area (Å²) in [6, 6.07) is 12.0. The zero-order valence-electron chi connectivity index (χ0n) is 26.0. The number of esters is 4. The third-order valence-electron chi connectivity index (χ3n) is 7.73. The fraction of sp³-hybridized carbons (Fsp3) is 0.471. The van der Waals surface area contributed by atoms with Crippen LogP contribution >= 0.6 is 11.6 Å². The summed E-state index contributed by atoms with van der Waals surface area (Å²) in [4.78, 5) is 48.2. The van der Waals surface area contributed by atoms with Gasteiger partial charge in [0.2, 0.25) is 11.9 Å². The summed E-state index contributed by atoms with van der Waals surface area (Å²) in [5.41, 5.74) is 1.31. The van der Waals surface area contributed by atoms with E-state index in [1.54, 1.807) is 6.07 Å². The summed E-state index contributed by atoms with van der Waals surface area (Å²) in [5.74, 6) is 0.417. The van der Waals surface area contributed by atoms with Crippen LogP contribution in [0.1, 0.15) is 75.6 Å². The summed E-state index contributed by atoms with van der Waals surface area (Å²) in [6.45, 7) is 3.96. The Morgan fingerprint density at radius 2 is 1.48 bits per heavy atom. The van der Waals surface area contributed by atoms with E-state index in [9.17, 15) is 29.4 Å². The highest BCUT2D eigenvalue weighted by Crippen LogP contribution is 2.42. The molecule has 0 spiro atoms. The third-order valence-corrected chi connectivity index (χ3v) is 8.10. The maximum atomic E-state index is 12.3. The van der Waals surface area contributed by atoms with Crippen LogP contribution in [0.15, 0.2) is 42.5 Å². The summed E-state index contributed by atoms with van der Waals surface area (Å²) in [6.07, 6.45) is -2.48. The van der Waals surface area contributed by atoms with Crippen molar-refractivity contribution in [2.45, 2.75) is 95.6 Å². The van der Waals surface area contributed by atoms with Crippen LogP contribution in [0.5, 0.6) is 0 Å². The minimum absolute atomic E-state index is 0.0803. The summed E-state index contributed by atoms with van der Waals surface area (Å²) in [7, 11) is 0. The van der Waals surface area contributed by atoms with E-state index in [0.717, 1.165) is 51.7 Å². The van der Waals surface area contributed by atoms with Crippen LogP contribution < -0.4 is 0 Å². The zero-order chi connectivity index (χ0) is 33.6. The van der Waals surface area contributed by atoms with Gasteiger partial charge in [0.15, 0.2) is 12.2 Å². The highest BCUT2D eigenvalue weighted by Gasteiger charge is 2.60. The number of hydrogen-bond acceptors (Lipinski definition) is 11. The van der Waals surface area contributed by atoms with Crippen molar-refractivity contribution in [1.29, 1.82) is 0 Å². The topological polar surface area (TPSA) is 155 Å². The molecule has 12 heteroatoms. The van der Waals surface area contributed by atoms with Crippen LogP contribution in [0.25, 0.3) is 0 Å². The number of aliphatic hydroxyl groups is 2. The molecule has 2 fully saturated rings. The van der Waals surface area contributed by atoms with Crippen molar-refractivity contribution in [2.24, 2.45) is 0 Å². The molecule has 246 valence electrons. The van der Waals surface area contributed by atoms with E-state index in [1.807, 2.05) is 24.3 Å². The fourth-order valence-electron chi connectivity index (χ4n) is 5.65. The van der Waals surface area contributed by atoms with Gasteiger partial charge in [-0.1, -0.05) is 41.6 Å². The number of ether oxygens (including phenoxy) is 5. The molecule has 2 aliphatic rings. The molecule has 4 rings (SSSR count). The van der Waals surface area contributed by atoms with E-state index in [-0.39, 0.29) is 5.56 Å². The molecule has 1 saturated heterocycles. The Morgan fingerprint density at radius 1 is 0.870 bits per heavy atom. The Hall–Kier alpha value is -3.95. The third kappa shape index (κ3) is 8.65. The predicted molar refractivity (Wildman–Crippen MR) is 163 cm³/mol. The molecule has 1 aliphatic heterocycles. The SMILES string of the molecule is CC(=O)OC[C@H]1O[C@@](O)(c2ccc(Cl)c(Cc3ccc(C#CC4(O)CCCC4)cc3)c2)[C@H](OC(C)=O)[C@@H](OC(C)=O)[C@@H]1OC(C)=O. The molecule has 0 aromatic heterocycles. The average molecular weight is 657 g/mol. The second kappa shape index (κ2) is 14.6. The first-order valence-corrected chi connectivity index (χ1v) is 15.3. The smallest absolute Gasteiger partial charge is 0.303 e. The Morgan fingerprint density at radius 3 is 2.07 bits per heavy atom. The van der Waals surface area contributed by atoms with E-state index >= 15 is 0 Å². The van der Waals surface area contributed by atoms with Gasteiger partial charge in [-0.2, -0.15) is 0 Å². The first-order valence-electron chi connectivity index (χ1n) is 14.9. The lowest BCUT2D eigenvalue weighted by Gasteiger charge is -2.48. The van der Waals surface area contributed by atoms with Gasteiger partial charge in [-0.25, -0.2) is 0 Å². The van der Waals surface area contributed by atoms with Crippen LogP contribution in [0.3, 0.4) is 0 Å². The standard InChI is InChI=1S/C34H37ClO11/c1-20(36)42-19-29-30(43-21(2)37)31(44-22(3)38)32(45-23(4)39)34(41,46-29)27-11-12-28(35)26(18-27)17-25-9-7-24(8-10-25)13-16-33(40)14-5-6-15-33/h7-12,18,29-32,40-41H,5-6,14-15,17,19H2,1-4H3/t29-,30-,31+,32-,34+/m1/s1. The summed E-state index contributed by atoms with van der Waals surface area (Å²) < 4.78 is 27.5. The van der Waals surface area contributed by atoms with Gasteiger partial charge in [-0.3, -0.25) is 19.2 Å². The molecular formula is C34H37ClO11. The van der Waals surface area contributed by atoms with Crippen LogP contribution in [-0.2, 0) is 55.1 Å². The lowest BCUT2D eigenvalue weighted by molar-refractivity contribution is -0.360. The van der Waals surface area contributed by atoms with Gasteiger partial charge >= 0.3 is 23.9 Å². The number of hydrogen-bond donors (Lipinski definition) is 2. The van der Waals surface area contributed by atoms with Crippen molar-refractivity contribution >= 4 is 35.5 Å². The molecule has 1 heterocycles. The van der Waals surface area contributed by atoms with Crippen molar-refractivity contribution in [2.75, 3.05) is 6.61 Å². The van der Waals surface area contributed by atoms with Crippen LogP contribution in [0.4, 0.5) is 0 Å². The van der Waals surface area contributed by atoms with Gasteiger partial charge in [0, 0.05) is 43.8 Å². The largest absolute Gasteiger partial charge is 0.463 e. The number of rotatable bonds is 8. The van der Waals surface area contributed by atoms with Gasteiger partial charge in [0.1, 0.15) is 18.3 Å². The predicted octanol–water partition coefficient (Wildman–Crippen LogP) is 3.49. The fourth-order valence-corrected chi connectivity index (χ4v) is 5.83. The highest BCUT2D eigenvalue weighted by molar-refractivity contribution is 6.31. The van der Waals surface area contributed by atoms with Crippen molar-refractivity contribution in [3.63, 3.8) is 0 Å². The Labute approximate surface area is 272 Å². The molecule has 0 radical (unpaired) electrons. The number of carbonyl (C=O) groups is 4. The first-order chi connectivity index (χ1) is 21.7. The van der Waals surface area contributed by atoms with Gasteiger partial charge in [0.25, 0.3) is 0 Å². The molecule has 0 amide bonds. The van der Waals surface area contributed by atoms with Crippen LogP contribution in [0.2, 0.25) is 5.02 Å². The van der Waals surface area contributed by atoms with E-state index in [1.165, 1.54) is 12.1 Å². The quantitative estimate of drug-likeness (QED) is 0.244. The molecule has 2 aromatic rings. The van der Waals surface area contributed by atoms with Gasteiger partial charge in [-0.05, 0) is 67.5 Å². The van der Waals surface area contributed by atoms with Crippen molar-refractivity contribution < 1.29 is 53.1 Å². The highest BCUT2D eigenvalue weighted by atomic mass is 35.5. The van der Waals surface area contributed by atoms with Gasteiger partial charge in [-0.15, -0.1) is 0 Å². The lowest BCUT2D eigenvalue weighted by Crippen LogP contribution is -2.66.